The van der Waals surface area contributed by atoms with Crippen LogP contribution in [0.25, 0.3) is 11.4 Å². The maximum absolute atomic E-state index is 4.33. The lowest BCUT2D eigenvalue weighted by molar-refractivity contribution is 1.21. The molecule has 13 heavy (non-hydrogen) atoms. The van der Waals surface area contributed by atoms with E-state index in [2.05, 4.69) is 22.1 Å². The number of aryl methyl sites for hydroxylation is 2. The Kier molecular flexibility index (Phi) is 1.89. The number of H-pyrrole nitrogens is 1. The number of hydrogen-bond acceptors (Lipinski definition) is 1. The topological polar surface area (TPSA) is 28.7 Å². The molecule has 0 bridgehead atoms. The highest BCUT2D eigenvalue weighted by molar-refractivity contribution is 5.54. The third-order valence-electron chi connectivity index (χ3n) is 2.02. The lowest BCUT2D eigenvalue weighted by atomic mass is 10.2. The van der Waals surface area contributed by atoms with Crippen molar-refractivity contribution in [2.24, 2.45) is 0 Å². The Labute approximate surface area is 77.6 Å². The van der Waals surface area contributed by atoms with Crippen molar-refractivity contribution in [3.05, 3.63) is 41.7 Å². The van der Waals surface area contributed by atoms with Crippen LogP contribution in [0.1, 0.15) is 11.3 Å². The zero-order valence-corrected chi connectivity index (χ0v) is 7.83. The van der Waals surface area contributed by atoms with Crippen molar-refractivity contribution < 1.29 is 0 Å². The van der Waals surface area contributed by atoms with E-state index in [1.54, 1.807) is 0 Å². The first-order valence-corrected chi connectivity index (χ1v) is 4.34. The molecule has 0 radical (unpaired) electrons. The zero-order chi connectivity index (χ0) is 9.26. The van der Waals surface area contributed by atoms with Crippen LogP contribution in [0.3, 0.4) is 0 Å². The summed E-state index contributed by atoms with van der Waals surface area (Å²) in [6.45, 7) is 4.08. The van der Waals surface area contributed by atoms with Gasteiger partial charge < -0.3 is 4.98 Å². The van der Waals surface area contributed by atoms with Crippen molar-refractivity contribution in [2.75, 3.05) is 0 Å². The Morgan fingerprint density at radius 3 is 2.46 bits per heavy atom. The van der Waals surface area contributed by atoms with Gasteiger partial charge in [-0.3, -0.25) is 4.98 Å². The molecule has 0 fully saturated rings. The second kappa shape index (κ2) is 3.05. The van der Waals surface area contributed by atoms with Gasteiger partial charge >= 0.3 is 0 Å². The first-order chi connectivity index (χ1) is 6.25. The maximum atomic E-state index is 4.33. The van der Waals surface area contributed by atoms with Crippen molar-refractivity contribution in [1.29, 1.82) is 0 Å². The molecule has 0 unspecified atom stereocenters. The molecular weight excluding hydrogens is 160 g/mol. The highest BCUT2D eigenvalue weighted by Crippen LogP contribution is 2.15. The molecule has 0 spiro atoms. The number of aromatic amines is 1. The summed E-state index contributed by atoms with van der Waals surface area (Å²) in [6, 6.07) is 8.20. The van der Waals surface area contributed by atoms with Crippen LogP contribution >= 0.6 is 0 Å². The van der Waals surface area contributed by atoms with Crippen LogP contribution in [0, 0.1) is 13.8 Å². The average molecular weight is 172 g/mol. The van der Waals surface area contributed by atoms with Gasteiger partial charge in [-0.25, -0.2) is 0 Å². The monoisotopic (exact) mass is 172 g/mol. The molecule has 2 rings (SSSR count). The quantitative estimate of drug-likeness (QED) is 0.704. The first-order valence-electron chi connectivity index (χ1n) is 4.34. The lowest BCUT2D eigenvalue weighted by Gasteiger charge is -1.97. The molecule has 66 valence electrons. The first kappa shape index (κ1) is 8.05. The van der Waals surface area contributed by atoms with Gasteiger partial charge in [-0.1, -0.05) is 6.07 Å². The molecule has 2 heteroatoms. The molecule has 2 nitrogen and oxygen atoms in total. The van der Waals surface area contributed by atoms with Gasteiger partial charge in [-0.15, -0.1) is 0 Å². The van der Waals surface area contributed by atoms with E-state index in [9.17, 15) is 0 Å². The van der Waals surface area contributed by atoms with E-state index in [0.717, 1.165) is 17.1 Å². The fourth-order valence-corrected chi connectivity index (χ4v) is 1.28. The fraction of sp³-hybridized carbons (Fsp3) is 0.182. The Morgan fingerprint density at radius 1 is 1.08 bits per heavy atom. The van der Waals surface area contributed by atoms with E-state index in [0.29, 0.717) is 0 Å². The molecule has 0 amide bonds. The molecule has 0 aliphatic rings. The molecule has 0 saturated carbocycles. The molecule has 1 N–H and O–H groups in total. The number of nitrogens with one attached hydrogen (secondary N) is 1. The number of aromatic nitrogens is 2. The van der Waals surface area contributed by atoms with Gasteiger partial charge in [0.2, 0.25) is 0 Å². The molecule has 2 heterocycles. The standard InChI is InChI=1S/C11H12N2/c1-8-3-5-10(12-7-8)11-6-4-9(2)13-11/h3-7,13H,1-2H3. The lowest BCUT2D eigenvalue weighted by Crippen LogP contribution is -1.83. The summed E-state index contributed by atoms with van der Waals surface area (Å²) in [4.78, 5) is 7.58. The number of pyridine rings is 1. The second-order valence-electron chi connectivity index (χ2n) is 3.28. The van der Waals surface area contributed by atoms with Crippen LogP contribution in [0.15, 0.2) is 30.5 Å². The number of hydrogen-bond donors (Lipinski definition) is 1. The summed E-state index contributed by atoms with van der Waals surface area (Å²) >= 11 is 0. The normalized spacial score (nSPS) is 10.3. The van der Waals surface area contributed by atoms with Crippen molar-refractivity contribution in [3.63, 3.8) is 0 Å². The minimum Gasteiger partial charge on any atom is -0.357 e. The highest BCUT2D eigenvalue weighted by atomic mass is 14.8. The molecule has 2 aromatic heterocycles. The van der Waals surface area contributed by atoms with Crippen molar-refractivity contribution in [2.45, 2.75) is 13.8 Å². The Balaban J connectivity index is 2.41. The SMILES string of the molecule is Cc1ccc(-c2ccc(C)[nH]2)nc1. The summed E-state index contributed by atoms with van der Waals surface area (Å²) in [5.41, 5.74) is 4.43. The second-order valence-corrected chi connectivity index (χ2v) is 3.28. The third kappa shape index (κ3) is 1.61. The van der Waals surface area contributed by atoms with Crippen molar-refractivity contribution >= 4 is 0 Å². The number of nitrogens with zero attached hydrogens (tertiary/aromatic N) is 1. The van der Waals surface area contributed by atoms with Gasteiger partial charge in [0.1, 0.15) is 0 Å². The van der Waals surface area contributed by atoms with E-state index in [1.165, 1.54) is 5.56 Å². The van der Waals surface area contributed by atoms with E-state index < -0.39 is 0 Å². The largest absolute Gasteiger partial charge is 0.357 e. The predicted octanol–water partition coefficient (Wildman–Crippen LogP) is 2.69. The minimum absolute atomic E-state index is 0.999. The number of rotatable bonds is 1. The van der Waals surface area contributed by atoms with E-state index >= 15 is 0 Å². The summed E-state index contributed by atoms with van der Waals surface area (Å²) in [5, 5.41) is 0. The van der Waals surface area contributed by atoms with Crippen LogP contribution in [-0.4, -0.2) is 9.97 Å². The van der Waals surface area contributed by atoms with Gasteiger partial charge in [0, 0.05) is 11.9 Å². The van der Waals surface area contributed by atoms with Gasteiger partial charge in [-0.05, 0) is 37.6 Å². The summed E-state index contributed by atoms with van der Waals surface area (Å²) in [6.07, 6.45) is 1.88. The summed E-state index contributed by atoms with van der Waals surface area (Å²) < 4.78 is 0. The zero-order valence-electron chi connectivity index (χ0n) is 7.83. The highest BCUT2D eigenvalue weighted by Gasteiger charge is 1.99. The van der Waals surface area contributed by atoms with E-state index in [1.807, 2.05) is 32.2 Å². The molecular formula is C11H12N2. The van der Waals surface area contributed by atoms with E-state index in [4.69, 9.17) is 0 Å². The molecule has 0 saturated heterocycles. The molecule has 0 aliphatic heterocycles. The van der Waals surface area contributed by atoms with Crippen molar-refractivity contribution in [1.82, 2.24) is 9.97 Å². The van der Waals surface area contributed by atoms with E-state index in [-0.39, 0.29) is 0 Å². The van der Waals surface area contributed by atoms with Gasteiger partial charge in [0.05, 0.1) is 11.4 Å². The molecule has 0 aliphatic carbocycles. The Bertz CT molecular complexity index is 398. The Hall–Kier alpha value is -1.57. The smallest absolute Gasteiger partial charge is 0.0864 e. The summed E-state index contributed by atoms with van der Waals surface area (Å²) in [5.74, 6) is 0. The average Bonchev–Trinajstić information content (AvgIpc) is 2.53. The Morgan fingerprint density at radius 2 is 1.92 bits per heavy atom. The van der Waals surface area contributed by atoms with Crippen LogP contribution in [-0.2, 0) is 0 Å². The van der Waals surface area contributed by atoms with Crippen LogP contribution in [0.2, 0.25) is 0 Å². The van der Waals surface area contributed by atoms with Gasteiger partial charge in [0.15, 0.2) is 0 Å². The maximum Gasteiger partial charge on any atom is 0.0864 e. The molecule has 0 atom stereocenters. The predicted molar refractivity (Wildman–Crippen MR) is 53.5 cm³/mol. The van der Waals surface area contributed by atoms with Crippen LogP contribution in [0.4, 0.5) is 0 Å². The van der Waals surface area contributed by atoms with Gasteiger partial charge in [0.25, 0.3) is 0 Å². The third-order valence-corrected chi connectivity index (χ3v) is 2.02. The van der Waals surface area contributed by atoms with Gasteiger partial charge in [-0.2, -0.15) is 0 Å². The summed E-state index contributed by atoms with van der Waals surface area (Å²) in [7, 11) is 0. The van der Waals surface area contributed by atoms with Crippen LogP contribution < -0.4 is 0 Å². The van der Waals surface area contributed by atoms with Crippen molar-refractivity contribution in [3.8, 4) is 11.4 Å². The molecule has 2 aromatic rings. The molecule has 0 aromatic carbocycles. The fourth-order valence-electron chi connectivity index (χ4n) is 1.28. The van der Waals surface area contributed by atoms with Crippen LogP contribution in [0.5, 0.6) is 0 Å². The minimum atomic E-state index is 0.999.